The van der Waals surface area contributed by atoms with Gasteiger partial charge in [0.25, 0.3) is 0 Å². The van der Waals surface area contributed by atoms with E-state index in [1.807, 2.05) is 42.5 Å². The molecule has 0 bridgehead atoms. The number of hydrogen-bond acceptors (Lipinski definition) is 4. The van der Waals surface area contributed by atoms with Gasteiger partial charge in [0, 0.05) is 0 Å². The maximum absolute atomic E-state index is 9.42. The predicted molar refractivity (Wildman–Crippen MR) is 83.2 cm³/mol. The van der Waals surface area contributed by atoms with Crippen LogP contribution in [-0.4, -0.2) is 17.2 Å². The highest BCUT2D eigenvalue weighted by molar-refractivity contribution is 7.19. The number of phenolic OH excluding ortho intramolecular Hbond substituents is 1. The number of hydrogen-bond donors (Lipinski definition) is 1. The van der Waals surface area contributed by atoms with Gasteiger partial charge in [-0.05, 0) is 42.0 Å². The van der Waals surface area contributed by atoms with Crippen LogP contribution < -0.4 is 4.74 Å². The molecule has 0 aliphatic heterocycles. The number of ether oxygens (including phenoxy) is 1. The molecule has 0 atom stereocenters. The van der Waals surface area contributed by atoms with Gasteiger partial charge in [-0.2, -0.15) is 0 Å². The van der Waals surface area contributed by atoms with Crippen LogP contribution in [0.2, 0.25) is 0 Å². The van der Waals surface area contributed by atoms with Crippen LogP contribution in [0.5, 0.6) is 11.5 Å². The number of nitrogens with zero attached hydrogens (tertiary/aromatic N) is 1. The van der Waals surface area contributed by atoms with E-state index in [2.05, 4.69) is 4.98 Å². The van der Waals surface area contributed by atoms with Crippen LogP contribution in [0, 0.1) is 0 Å². The minimum Gasteiger partial charge on any atom is -0.508 e. The first-order valence-corrected chi connectivity index (χ1v) is 6.98. The van der Waals surface area contributed by atoms with E-state index in [0.717, 1.165) is 26.5 Å². The van der Waals surface area contributed by atoms with Crippen molar-refractivity contribution in [2.45, 2.75) is 0 Å². The summed E-state index contributed by atoms with van der Waals surface area (Å²) in [7, 11) is 1.66. The van der Waals surface area contributed by atoms with Gasteiger partial charge in [0.2, 0.25) is 0 Å². The lowest BCUT2D eigenvalue weighted by Gasteiger charge is -1.96. The van der Waals surface area contributed by atoms with Crippen LogP contribution >= 0.6 is 11.3 Å². The van der Waals surface area contributed by atoms with Crippen LogP contribution in [-0.2, 0) is 0 Å². The van der Waals surface area contributed by atoms with Crippen molar-refractivity contribution >= 4 is 33.7 Å². The Balaban J connectivity index is 1.91. The number of fused-ring (bicyclic) bond motifs is 1. The molecule has 0 aliphatic rings. The summed E-state index contributed by atoms with van der Waals surface area (Å²) in [6.45, 7) is 0. The molecule has 1 heterocycles. The third-order valence-corrected chi connectivity index (χ3v) is 3.88. The fourth-order valence-electron chi connectivity index (χ4n) is 1.92. The van der Waals surface area contributed by atoms with Crippen molar-refractivity contribution in [3.8, 4) is 11.5 Å². The summed E-state index contributed by atoms with van der Waals surface area (Å²) in [4.78, 5) is 4.54. The lowest BCUT2D eigenvalue weighted by atomic mass is 10.2. The molecule has 0 aliphatic carbocycles. The summed E-state index contributed by atoms with van der Waals surface area (Å²) in [5.41, 5.74) is 1.91. The molecule has 2 aromatic carbocycles. The second-order valence-corrected chi connectivity index (χ2v) is 5.38. The Hall–Kier alpha value is -2.33. The average molecular weight is 283 g/mol. The highest BCUT2D eigenvalue weighted by atomic mass is 32.1. The number of rotatable bonds is 3. The lowest BCUT2D eigenvalue weighted by molar-refractivity contribution is 0.415. The first kappa shape index (κ1) is 12.7. The zero-order valence-electron chi connectivity index (χ0n) is 10.9. The molecule has 0 saturated heterocycles. The van der Waals surface area contributed by atoms with Gasteiger partial charge in [-0.25, -0.2) is 4.98 Å². The monoisotopic (exact) mass is 283 g/mol. The summed E-state index contributed by atoms with van der Waals surface area (Å²) in [5.74, 6) is 1.10. The van der Waals surface area contributed by atoms with Crippen molar-refractivity contribution in [3.05, 3.63) is 53.0 Å². The molecule has 3 aromatic rings. The molecule has 0 amide bonds. The van der Waals surface area contributed by atoms with Crippen molar-refractivity contribution in [1.82, 2.24) is 4.98 Å². The van der Waals surface area contributed by atoms with Crippen LogP contribution in [0.3, 0.4) is 0 Å². The molecule has 0 spiro atoms. The van der Waals surface area contributed by atoms with Crippen LogP contribution in [0.1, 0.15) is 10.6 Å². The van der Waals surface area contributed by atoms with Gasteiger partial charge in [-0.3, -0.25) is 0 Å². The first-order chi connectivity index (χ1) is 9.74. The summed E-state index contributed by atoms with van der Waals surface area (Å²) in [5, 5.41) is 10.3. The largest absolute Gasteiger partial charge is 0.508 e. The molecule has 0 saturated carbocycles. The normalized spacial score (nSPS) is 11.2. The molecule has 0 fully saturated rings. The SMILES string of the molecule is COc1ccc2nc(/C=C/c3cccc(O)c3)sc2c1. The van der Waals surface area contributed by atoms with E-state index in [9.17, 15) is 5.11 Å². The zero-order chi connectivity index (χ0) is 13.9. The van der Waals surface area contributed by atoms with Crippen LogP contribution in [0.15, 0.2) is 42.5 Å². The Bertz CT molecular complexity index is 777. The summed E-state index contributed by atoms with van der Waals surface area (Å²) in [6, 6.07) is 13.0. The zero-order valence-corrected chi connectivity index (χ0v) is 11.7. The average Bonchev–Trinajstić information content (AvgIpc) is 2.87. The Labute approximate surface area is 120 Å². The second kappa shape index (κ2) is 5.35. The lowest BCUT2D eigenvalue weighted by Crippen LogP contribution is -1.80. The van der Waals surface area contributed by atoms with Crippen LogP contribution in [0.25, 0.3) is 22.4 Å². The molecule has 0 unspecified atom stereocenters. The maximum atomic E-state index is 9.42. The smallest absolute Gasteiger partial charge is 0.120 e. The van der Waals surface area contributed by atoms with Gasteiger partial charge in [0.1, 0.15) is 16.5 Å². The predicted octanol–water partition coefficient (Wildman–Crippen LogP) is 4.18. The summed E-state index contributed by atoms with van der Waals surface area (Å²) in [6.07, 6.45) is 3.89. The molecular weight excluding hydrogens is 270 g/mol. The maximum Gasteiger partial charge on any atom is 0.120 e. The van der Waals surface area contributed by atoms with Gasteiger partial charge in [-0.15, -0.1) is 11.3 Å². The Morgan fingerprint density at radius 3 is 2.85 bits per heavy atom. The van der Waals surface area contributed by atoms with E-state index in [1.165, 1.54) is 0 Å². The second-order valence-electron chi connectivity index (χ2n) is 4.31. The fraction of sp³-hybridized carbons (Fsp3) is 0.0625. The van der Waals surface area contributed by atoms with Crippen molar-refractivity contribution in [2.24, 2.45) is 0 Å². The Morgan fingerprint density at radius 1 is 1.15 bits per heavy atom. The third kappa shape index (κ3) is 2.65. The molecule has 100 valence electrons. The molecule has 3 rings (SSSR count). The molecule has 4 heteroatoms. The van der Waals surface area contributed by atoms with E-state index < -0.39 is 0 Å². The highest BCUT2D eigenvalue weighted by Crippen LogP contribution is 2.27. The number of phenols is 1. The van der Waals surface area contributed by atoms with E-state index in [1.54, 1.807) is 30.6 Å². The topological polar surface area (TPSA) is 42.4 Å². The number of aromatic nitrogens is 1. The summed E-state index contributed by atoms with van der Waals surface area (Å²) >= 11 is 1.61. The van der Waals surface area contributed by atoms with Crippen LogP contribution in [0.4, 0.5) is 0 Å². The first-order valence-electron chi connectivity index (χ1n) is 6.16. The standard InChI is InChI=1S/C16H13NO2S/c1-19-13-6-7-14-15(10-13)20-16(17-14)8-5-11-3-2-4-12(18)9-11/h2-10,18H,1H3/b8-5+. The Morgan fingerprint density at radius 2 is 2.05 bits per heavy atom. The number of methoxy groups -OCH3 is 1. The summed E-state index contributed by atoms with van der Waals surface area (Å²) < 4.78 is 6.30. The molecular formula is C16H13NO2S. The molecule has 0 radical (unpaired) electrons. The van der Waals surface area contributed by atoms with Gasteiger partial charge >= 0.3 is 0 Å². The highest BCUT2D eigenvalue weighted by Gasteiger charge is 2.02. The van der Waals surface area contributed by atoms with Crippen molar-refractivity contribution < 1.29 is 9.84 Å². The van der Waals surface area contributed by atoms with Gasteiger partial charge < -0.3 is 9.84 Å². The van der Waals surface area contributed by atoms with Crippen molar-refractivity contribution in [1.29, 1.82) is 0 Å². The molecule has 1 N–H and O–H groups in total. The fourth-order valence-corrected chi connectivity index (χ4v) is 2.82. The number of thiazole rings is 1. The van der Waals surface area contributed by atoms with E-state index in [0.29, 0.717) is 0 Å². The van der Waals surface area contributed by atoms with Crippen molar-refractivity contribution in [2.75, 3.05) is 7.11 Å². The molecule has 20 heavy (non-hydrogen) atoms. The quantitative estimate of drug-likeness (QED) is 0.784. The molecule has 1 aromatic heterocycles. The van der Waals surface area contributed by atoms with E-state index >= 15 is 0 Å². The minimum atomic E-state index is 0.265. The Kier molecular flexibility index (Phi) is 3.39. The number of benzene rings is 2. The minimum absolute atomic E-state index is 0.265. The van der Waals surface area contributed by atoms with Gasteiger partial charge in [0.05, 0.1) is 17.3 Å². The third-order valence-electron chi connectivity index (χ3n) is 2.90. The van der Waals surface area contributed by atoms with E-state index in [-0.39, 0.29) is 5.75 Å². The van der Waals surface area contributed by atoms with Gasteiger partial charge in [0.15, 0.2) is 0 Å². The molecule has 3 nitrogen and oxygen atoms in total. The van der Waals surface area contributed by atoms with E-state index in [4.69, 9.17) is 4.74 Å². The van der Waals surface area contributed by atoms with Gasteiger partial charge in [-0.1, -0.05) is 18.2 Å². The number of aromatic hydroxyl groups is 1. The van der Waals surface area contributed by atoms with Crippen molar-refractivity contribution in [3.63, 3.8) is 0 Å².